The number of unbranched alkanes of at least 4 members (excludes halogenated alkanes) is 5. The van der Waals surface area contributed by atoms with Gasteiger partial charge < -0.3 is 19.9 Å². The van der Waals surface area contributed by atoms with Crippen LogP contribution in [-0.4, -0.2) is 54.1 Å². The van der Waals surface area contributed by atoms with E-state index in [0.717, 1.165) is 57.8 Å². The number of amides is 1. The molecule has 0 aliphatic heterocycles. The summed E-state index contributed by atoms with van der Waals surface area (Å²) < 4.78 is 9.84. The van der Waals surface area contributed by atoms with Gasteiger partial charge in [-0.3, -0.25) is 19.7 Å². The van der Waals surface area contributed by atoms with Crippen molar-refractivity contribution in [3.05, 3.63) is 46.0 Å². The van der Waals surface area contributed by atoms with Crippen LogP contribution in [0.4, 0.5) is 5.69 Å². The maximum absolute atomic E-state index is 12.6. The van der Waals surface area contributed by atoms with Crippen LogP contribution >= 0.6 is 0 Å². The zero-order valence-corrected chi connectivity index (χ0v) is 24.6. The Labute approximate surface area is 243 Å². The zero-order chi connectivity index (χ0) is 30.2. The predicted molar refractivity (Wildman–Crippen MR) is 156 cm³/mol. The molecule has 0 heterocycles. The van der Waals surface area contributed by atoms with Crippen molar-refractivity contribution in [3.8, 4) is 5.75 Å². The van der Waals surface area contributed by atoms with E-state index >= 15 is 0 Å². The van der Waals surface area contributed by atoms with Gasteiger partial charge in [0, 0.05) is 31.2 Å². The second-order valence-electron chi connectivity index (χ2n) is 10.8. The zero-order valence-electron chi connectivity index (χ0n) is 24.6. The topological polar surface area (TPSA) is 145 Å². The van der Waals surface area contributed by atoms with Crippen molar-refractivity contribution in [2.24, 2.45) is 11.8 Å². The Morgan fingerprint density at radius 3 is 2.61 bits per heavy atom. The van der Waals surface area contributed by atoms with Crippen molar-refractivity contribution in [2.45, 2.75) is 103 Å². The molecule has 1 saturated carbocycles. The number of hydrogen-bond donors (Lipinski definition) is 2. The second kappa shape index (κ2) is 18.2. The summed E-state index contributed by atoms with van der Waals surface area (Å²) in [5.74, 6) is -0.315. The summed E-state index contributed by atoms with van der Waals surface area (Å²) in [6.07, 6.45) is 13.2. The van der Waals surface area contributed by atoms with Gasteiger partial charge in [0.25, 0.3) is 0 Å². The number of aliphatic hydroxyl groups is 1. The standard InChI is InChI=1S/C31H46N2O8/c1-4-5-8-11-24(34)17-15-23-16-18-28(35)25(23)12-9-6-7-10-13-30(36)32-26(31(37)41-3)20-22-14-19-29(40-2)27(21-22)33(38)39/h14-15,17,19,21,23-26,34H,4-13,16,18,20H2,1-3H3,(H,32,36)/b17-15+. The van der Waals surface area contributed by atoms with Crippen LogP contribution in [0.25, 0.3) is 0 Å². The molecule has 0 bridgehead atoms. The number of methoxy groups -OCH3 is 2. The van der Waals surface area contributed by atoms with Crippen molar-refractivity contribution >= 4 is 23.3 Å². The SMILES string of the molecule is CCCCCC(O)/C=C/C1CCC(=O)C1CCCCCCC(=O)NC(Cc1ccc(OC)c([N+](=O)[O-])c1)C(=O)OC. The number of rotatable bonds is 19. The molecule has 0 spiro atoms. The summed E-state index contributed by atoms with van der Waals surface area (Å²) in [6.45, 7) is 2.13. The van der Waals surface area contributed by atoms with Gasteiger partial charge in [0.2, 0.25) is 5.91 Å². The highest BCUT2D eigenvalue weighted by Gasteiger charge is 2.32. The molecule has 1 aromatic carbocycles. The molecular weight excluding hydrogens is 528 g/mol. The third-order valence-electron chi connectivity index (χ3n) is 7.71. The fourth-order valence-electron chi connectivity index (χ4n) is 5.36. The van der Waals surface area contributed by atoms with E-state index in [-0.39, 0.29) is 42.0 Å². The first-order valence-corrected chi connectivity index (χ1v) is 14.8. The Bertz CT molecular complexity index is 1040. The number of carbonyl (C=O) groups excluding carboxylic acids is 3. The fraction of sp³-hybridized carbons (Fsp3) is 0.645. The summed E-state index contributed by atoms with van der Waals surface area (Å²) in [7, 11) is 2.56. The number of allylic oxidation sites excluding steroid dienone is 1. The number of benzene rings is 1. The highest BCUT2D eigenvalue weighted by atomic mass is 16.6. The molecule has 0 aromatic heterocycles. The van der Waals surface area contributed by atoms with Gasteiger partial charge in [-0.15, -0.1) is 0 Å². The molecule has 2 rings (SSSR count). The van der Waals surface area contributed by atoms with Crippen molar-refractivity contribution in [2.75, 3.05) is 14.2 Å². The number of esters is 1. The Kier molecular flexibility index (Phi) is 15.1. The number of ketones is 1. The first kappa shape index (κ1) is 33.9. The summed E-state index contributed by atoms with van der Waals surface area (Å²) in [5, 5.41) is 24.2. The molecule has 10 nitrogen and oxygen atoms in total. The van der Waals surface area contributed by atoms with Gasteiger partial charge in [0.1, 0.15) is 11.8 Å². The lowest BCUT2D eigenvalue weighted by atomic mass is 9.89. The fourth-order valence-corrected chi connectivity index (χ4v) is 5.36. The Hall–Kier alpha value is -3.27. The highest BCUT2D eigenvalue weighted by molar-refractivity contribution is 5.85. The average molecular weight is 575 g/mol. The van der Waals surface area contributed by atoms with Crippen LogP contribution in [0, 0.1) is 22.0 Å². The molecule has 228 valence electrons. The van der Waals surface area contributed by atoms with E-state index in [0.29, 0.717) is 24.2 Å². The largest absolute Gasteiger partial charge is 0.490 e. The number of nitro benzene ring substituents is 1. The number of nitrogens with one attached hydrogen (secondary N) is 1. The summed E-state index contributed by atoms with van der Waals surface area (Å²) >= 11 is 0. The van der Waals surface area contributed by atoms with Gasteiger partial charge in [0.15, 0.2) is 5.75 Å². The second-order valence-corrected chi connectivity index (χ2v) is 10.8. The monoisotopic (exact) mass is 574 g/mol. The molecule has 10 heteroatoms. The van der Waals surface area contributed by atoms with E-state index in [1.165, 1.54) is 26.4 Å². The minimum absolute atomic E-state index is 0.00647. The third kappa shape index (κ3) is 11.6. The van der Waals surface area contributed by atoms with Crippen LogP contribution in [0.15, 0.2) is 30.4 Å². The number of carbonyl (C=O) groups is 3. The van der Waals surface area contributed by atoms with Crippen molar-refractivity contribution < 1.29 is 33.9 Å². The van der Waals surface area contributed by atoms with Crippen molar-refractivity contribution in [1.29, 1.82) is 0 Å². The van der Waals surface area contributed by atoms with Gasteiger partial charge in [0.05, 0.1) is 25.2 Å². The number of hydrogen-bond acceptors (Lipinski definition) is 8. The smallest absolute Gasteiger partial charge is 0.328 e. The molecule has 4 atom stereocenters. The van der Waals surface area contributed by atoms with Crippen LogP contribution in [0.5, 0.6) is 5.75 Å². The number of ether oxygens (including phenoxy) is 2. The van der Waals surface area contributed by atoms with Gasteiger partial charge in [-0.25, -0.2) is 4.79 Å². The lowest BCUT2D eigenvalue weighted by molar-refractivity contribution is -0.385. The number of aliphatic hydroxyl groups excluding tert-OH is 1. The molecule has 1 amide bonds. The molecule has 1 aliphatic rings. The van der Waals surface area contributed by atoms with E-state index in [1.807, 2.05) is 12.2 Å². The maximum Gasteiger partial charge on any atom is 0.328 e. The van der Waals surface area contributed by atoms with E-state index in [2.05, 4.69) is 12.2 Å². The molecule has 1 aliphatic carbocycles. The number of nitrogens with zero attached hydrogens (tertiary/aromatic N) is 1. The van der Waals surface area contributed by atoms with Crippen LogP contribution in [0.1, 0.15) is 89.5 Å². The van der Waals surface area contributed by atoms with Crippen molar-refractivity contribution in [3.63, 3.8) is 0 Å². The molecular formula is C31H46N2O8. The van der Waals surface area contributed by atoms with E-state index in [1.54, 1.807) is 6.07 Å². The third-order valence-corrected chi connectivity index (χ3v) is 7.71. The summed E-state index contributed by atoms with van der Waals surface area (Å²) in [6, 6.07) is 3.42. The lowest BCUT2D eigenvalue weighted by Crippen LogP contribution is -2.43. The highest BCUT2D eigenvalue weighted by Crippen LogP contribution is 2.34. The first-order valence-electron chi connectivity index (χ1n) is 14.8. The Morgan fingerprint density at radius 2 is 1.93 bits per heavy atom. The lowest BCUT2D eigenvalue weighted by Gasteiger charge is -2.17. The predicted octanol–water partition coefficient (Wildman–Crippen LogP) is 5.24. The van der Waals surface area contributed by atoms with E-state index in [4.69, 9.17) is 9.47 Å². The van der Waals surface area contributed by atoms with Crippen LogP contribution in [0.3, 0.4) is 0 Å². The quantitative estimate of drug-likeness (QED) is 0.0750. The normalized spacial score (nSPS) is 18.3. The molecule has 0 radical (unpaired) electrons. The Morgan fingerprint density at radius 1 is 1.17 bits per heavy atom. The average Bonchev–Trinajstić information content (AvgIpc) is 3.31. The van der Waals surface area contributed by atoms with Gasteiger partial charge >= 0.3 is 11.7 Å². The summed E-state index contributed by atoms with van der Waals surface area (Å²) in [4.78, 5) is 48.0. The van der Waals surface area contributed by atoms with Crippen LogP contribution in [0.2, 0.25) is 0 Å². The van der Waals surface area contributed by atoms with Crippen LogP contribution < -0.4 is 10.1 Å². The van der Waals surface area contributed by atoms with E-state index in [9.17, 15) is 29.6 Å². The minimum Gasteiger partial charge on any atom is -0.490 e. The molecule has 0 saturated heterocycles. The van der Waals surface area contributed by atoms with Crippen LogP contribution in [-0.2, 0) is 25.5 Å². The molecule has 1 fully saturated rings. The first-order chi connectivity index (χ1) is 19.7. The van der Waals surface area contributed by atoms with Gasteiger partial charge in [-0.05, 0) is 43.2 Å². The number of Topliss-reactive ketones (excluding diaryl/α,β-unsaturated/α-hetero) is 1. The minimum atomic E-state index is -0.968. The molecule has 2 N–H and O–H groups in total. The number of nitro groups is 1. The van der Waals surface area contributed by atoms with Gasteiger partial charge in [-0.1, -0.05) is 63.7 Å². The van der Waals surface area contributed by atoms with Gasteiger partial charge in [-0.2, -0.15) is 0 Å². The maximum atomic E-state index is 12.6. The molecule has 4 unspecified atom stereocenters. The molecule has 1 aromatic rings. The van der Waals surface area contributed by atoms with Crippen molar-refractivity contribution in [1.82, 2.24) is 5.32 Å². The summed E-state index contributed by atoms with van der Waals surface area (Å²) in [5.41, 5.74) is 0.274. The molecule has 41 heavy (non-hydrogen) atoms. The van der Waals surface area contributed by atoms with E-state index < -0.39 is 23.0 Å². The Balaban J connectivity index is 1.76.